The summed E-state index contributed by atoms with van der Waals surface area (Å²) in [7, 11) is 0. The number of phenolic OH excluding ortho intramolecular Hbond substituents is 1. The number of hydrogen-bond donors (Lipinski definition) is 2. The van der Waals surface area contributed by atoms with Crippen molar-refractivity contribution < 1.29 is 5.11 Å². The molecule has 1 aromatic carbocycles. The average Bonchev–Trinajstić information content (AvgIpc) is 1.94. The van der Waals surface area contributed by atoms with E-state index in [1.165, 1.54) is 0 Å². The summed E-state index contributed by atoms with van der Waals surface area (Å²) in [5.74, 6) is 0.222. The van der Waals surface area contributed by atoms with Crippen LogP contribution >= 0.6 is 0 Å². The lowest BCUT2D eigenvalue weighted by Gasteiger charge is -2.04. The highest BCUT2D eigenvalue weighted by Gasteiger charge is 2.02. The topological polar surface area (TPSA) is 46.2 Å². The highest BCUT2D eigenvalue weighted by atomic mass is 16.3. The van der Waals surface area contributed by atoms with Crippen LogP contribution in [0.1, 0.15) is 11.1 Å². The predicted octanol–water partition coefficient (Wildman–Crippen LogP) is 1.63. The van der Waals surface area contributed by atoms with E-state index in [-0.39, 0.29) is 5.75 Å². The Labute approximate surface area is 66.0 Å². The van der Waals surface area contributed by atoms with Gasteiger partial charge in [-0.15, -0.1) is 0 Å². The Morgan fingerprint density at radius 2 is 2.18 bits per heavy atom. The van der Waals surface area contributed by atoms with Crippen LogP contribution in [0, 0.1) is 6.92 Å². The van der Waals surface area contributed by atoms with E-state index >= 15 is 0 Å². The molecule has 0 bridgehead atoms. The van der Waals surface area contributed by atoms with Gasteiger partial charge in [-0.2, -0.15) is 0 Å². The normalized spacial score (nSPS) is 9.55. The summed E-state index contributed by atoms with van der Waals surface area (Å²) in [4.78, 5) is 0. The zero-order chi connectivity index (χ0) is 8.43. The van der Waals surface area contributed by atoms with Crippen molar-refractivity contribution in [1.82, 2.24) is 0 Å². The maximum Gasteiger partial charge on any atom is 0.127 e. The fourth-order valence-electron chi connectivity index (χ4n) is 0.918. The lowest BCUT2D eigenvalue weighted by atomic mass is 10.1. The van der Waals surface area contributed by atoms with E-state index in [1.807, 2.05) is 19.1 Å². The summed E-state index contributed by atoms with van der Waals surface area (Å²) in [5.41, 5.74) is 7.25. The molecule has 0 aromatic heterocycles. The summed E-state index contributed by atoms with van der Waals surface area (Å²) in [5, 5.41) is 9.43. The molecule has 2 heteroatoms. The van der Waals surface area contributed by atoms with Gasteiger partial charge in [-0.3, -0.25) is 0 Å². The molecule has 2 nitrogen and oxygen atoms in total. The minimum atomic E-state index is 0.222. The number of phenols is 1. The third-order valence-electron chi connectivity index (χ3n) is 1.58. The number of benzene rings is 1. The SMILES string of the molecule is C=C(N)c1cccc(C)c1O. The van der Waals surface area contributed by atoms with Gasteiger partial charge >= 0.3 is 0 Å². The number of para-hydroxylation sites is 1. The Morgan fingerprint density at radius 1 is 1.55 bits per heavy atom. The van der Waals surface area contributed by atoms with Crippen LogP contribution in [0.5, 0.6) is 5.75 Å². The first-order valence-corrected chi connectivity index (χ1v) is 3.36. The minimum Gasteiger partial charge on any atom is -0.507 e. The molecule has 11 heavy (non-hydrogen) atoms. The van der Waals surface area contributed by atoms with Crippen molar-refractivity contribution >= 4 is 5.70 Å². The van der Waals surface area contributed by atoms with Crippen molar-refractivity contribution in [3.05, 3.63) is 35.9 Å². The van der Waals surface area contributed by atoms with Crippen molar-refractivity contribution in [1.29, 1.82) is 0 Å². The quantitative estimate of drug-likeness (QED) is 0.637. The lowest BCUT2D eigenvalue weighted by molar-refractivity contribution is 0.469. The molecule has 1 rings (SSSR count). The fourth-order valence-corrected chi connectivity index (χ4v) is 0.918. The largest absolute Gasteiger partial charge is 0.507 e. The molecule has 0 aliphatic heterocycles. The van der Waals surface area contributed by atoms with Crippen LogP contribution in [0.2, 0.25) is 0 Å². The molecular weight excluding hydrogens is 138 g/mol. The molecule has 0 spiro atoms. The van der Waals surface area contributed by atoms with Gasteiger partial charge in [0.05, 0.1) is 0 Å². The molecule has 0 atom stereocenters. The maximum absolute atomic E-state index is 9.43. The van der Waals surface area contributed by atoms with Gasteiger partial charge in [0.15, 0.2) is 0 Å². The van der Waals surface area contributed by atoms with Crippen molar-refractivity contribution in [3.63, 3.8) is 0 Å². The van der Waals surface area contributed by atoms with E-state index in [1.54, 1.807) is 6.07 Å². The van der Waals surface area contributed by atoms with Crippen molar-refractivity contribution in [3.8, 4) is 5.75 Å². The van der Waals surface area contributed by atoms with E-state index in [0.29, 0.717) is 11.3 Å². The average molecular weight is 149 g/mol. The summed E-state index contributed by atoms with van der Waals surface area (Å²) < 4.78 is 0. The first-order chi connectivity index (χ1) is 5.13. The maximum atomic E-state index is 9.43. The van der Waals surface area contributed by atoms with Gasteiger partial charge < -0.3 is 10.8 Å². The van der Waals surface area contributed by atoms with Gasteiger partial charge in [0.2, 0.25) is 0 Å². The molecule has 0 amide bonds. The summed E-state index contributed by atoms with van der Waals surface area (Å²) in [6, 6.07) is 5.40. The molecule has 0 saturated heterocycles. The van der Waals surface area contributed by atoms with Gasteiger partial charge in [0, 0.05) is 11.3 Å². The van der Waals surface area contributed by atoms with E-state index in [2.05, 4.69) is 6.58 Å². The number of aromatic hydroxyl groups is 1. The van der Waals surface area contributed by atoms with Gasteiger partial charge in [-0.1, -0.05) is 18.7 Å². The van der Waals surface area contributed by atoms with Crippen LogP contribution in [0.4, 0.5) is 0 Å². The smallest absolute Gasteiger partial charge is 0.127 e. The zero-order valence-electron chi connectivity index (χ0n) is 6.46. The molecule has 0 heterocycles. The highest BCUT2D eigenvalue weighted by molar-refractivity contribution is 5.67. The van der Waals surface area contributed by atoms with Gasteiger partial charge in [0.1, 0.15) is 5.75 Å². The third kappa shape index (κ3) is 1.34. The van der Waals surface area contributed by atoms with Crippen LogP contribution < -0.4 is 5.73 Å². The number of rotatable bonds is 1. The Morgan fingerprint density at radius 3 is 2.64 bits per heavy atom. The minimum absolute atomic E-state index is 0.222. The molecule has 0 aliphatic rings. The molecule has 0 aliphatic carbocycles. The third-order valence-corrected chi connectivity index (χ3v) is 1.58. The Balaban J connectivity index is 3.27. The summed E-state index contributed by atoms with van der Waals surface area (Å²) in [6.07, 6.45) is 0. The lowest BCUT2D eigenvalue weighted by Crippen LogP contribution is -1.94. The van der Waals surface area contributed by atoms with E-state index < -0.39 is 0 Å². The second-order valence-electron chi connectivity index (χ2n) is 2.50. The number of aryl methyl sites for hydroxylation is 1. The molecule has 0 saturated carbocycles. The van der Waals surface area contributed by atoms with Crippen LogP contribution in [-0.4, -0.2) is 5.11 Å². The van der Waals surface area contributed by atoms with E-state index in [0.717, 1.165) is 5.56 Å². The first kappa shape index (κ1) is 7.66. The summed E-state index contributed by atoms with van der Waals surface area (Å²) >= 11 is 0. The Kier molecular flexibility index (Phi) is 1.85. The number of nitrogens with two attached hydrogens (primary N) is 1. The van der Waals surface area contributed by atoms with Gasteiger partial charge in [-0.05, 0) is 18.6 Å². The fraction of sp³-hybridized carbons (Fsp3) is 0.111. The monoisotopic (exact) mass is 149 g/mol. The molecular formula is C9H11NO. The molecule has 0 unspecified atom stereocenters. The molecule has 0 radical (unpaired) electrons. The van der Waals surface area contributed by atoms with Crippen LogP contribution in [-0.2, 0) is 0 Å². The Bertz CT molecular complexity index is 292. The first-order valence-electron chi connectivity index (χ1n) is 3.36. The predicted molar refractivity (Wildman–Crippen MR) is 46.1 cm³/mol. The highest BCUT2D eigenvalue weighted by Crippen LogP contribution is 2.24. The van der Waals surface area contributed by atoms with Crippen molar-refractivity contribution in [2.24, 2.45) is 5.73 Å². The van der Waals surface area contributed by atoms with E-state index in [4.69, 9.17) is 5.73 Å². The summed E-state index contributed by atoms with van der Waals surface area (Å²) in [6.45, 7) is 5.37. The standard InChI is InChI=1S/C9H11NO/c1-6-4-3-5-8(7(2)10)9(6)11/h3-5,11H,2,10H2,1H3. The van der Waals surface area contributed by atoms with E-state index in [9.17, 15) is 5.11 Å². The molecule has 3 N–H and O–H groups in total. The molecule has 1 aromatic rings. The number of hydrogen-bond acceptors (Lipinski definition) is 2. The van der Waals surface area contributed by atoms with Crippen molar-refractivity contribution in [2.75, 3.05) is 0 Å². The second kappa shape index (κ2) is 2.66. The molecule has 58 valence electrons. The zero-order valence-corrected chi connectivity index (χ0v) is 6.46. The second-order valence-corrected chi connectivity index (χ2v) is 2.50. The Hall–Kier alpha value is -1.44. The van der Waals surface area contributed by atoms with Gasteiger partial charge in [-0.25, -0.2) is 0 Å². The van der Waals surface area contributed by atoms with Crippen LogP contribution in [0.3, 0.4) is 0 Å². The van der Waals surface area contributed by atoms with Crippen LogP contribution in [0.15, 0.2) is 24.8 Å². The van der Waals surface area contributed by atoms with Crippen molar-refractivity contribution in [2.45, 2.75) is 6.92 Å². The van der Waals surface area contributed by atoms with Gasteiger partial charge in [0.25, 0.3) is 0 Å². The van der Waals surface area contributed by atoms with Crippen LogP contribution in [0.25, 0.3) is 5.70 Å². The molecule has 0 fully saturated rings.